The third-order valence-corrected chi connectivity index (χ3v) is 2.50. The minimum Gasteiger partial charge on any atom is -0.478 e. The van der Waals surface area contributed by atoms with Gasteiger partial charge in [-0.05, 0) is 11.6 Å². The lowest BCUT2D eigenvalue weighted by molar-refractivity contribution is 0.0696. The Morgan fingerprint density at radius 3 is 2.67 bits per heavy atom. The van der Waals surface area contributed by atoms with Gasteiger partial charge < -0.3 is 10.8 Å². The first-order valence-corrected chi connectivity index (χ1v) is 5.21. The van der Waals surface area contributed by atoms with Crippen molar-refractivity contribution in [2.75, 3.05) is 0 Å². The number of hydrogen-bond donors (Lipinski definition) is 2. The minimum atomic E-state index is -1.04. The zero-order valence-electron chi connectivity index (χ0n) is 9.41. The quantitative estimate of drug-likeness (QED) is 0.829. The summed E-state index contributed by atoms with van der Waals surface area (Å²) in [7, 11) is 0. The lowest BCUT2D eigenvalue weighted by Gasteiger charge is -2.06. The molecule has 0 aliphatic rings. The summed E-state index contributed by atoms with van der Waals surface area (Å²) < 4.78 is 1.45. The van der Waals surface area contributed by atoms with Crippen LogP contribution in [0.3, 0.4) is 0 Å². The molecular weight excluding hydrogens is 234 g/mol. The highest BCUT2D eigenvalue weighted by molar-refractivity contribution is 5.94. The standard InChI is InChI=1S/C12H11N3O3/c13-11(16)10-4-2-1-3-8(10)6-15-7-9(5-14-15)12(17)18/h1-5,7H,6H2,(H2,13,16)(H,17,18). The van der Waals surface area contributed by atoms with E-state index in [0.717, 1.165) is 0 Å². The fourth-order valence-electron chi connectivity index (χ4n) is 1.63. The molecule has 3 N–H and O–H groups in total. The summed E-state index contributed by atoms with van der Waals surface area (Å²) in [6, 6.07) is 6.88. The summed E-state index contributed by atoms with van der Waals surface area (Å²) in [6.07, 6.45) is 2.66. The Kier molecular flexibility index (Phi) is 3.09. The molecule has 6 heteroatoms. The number of aromatic nitrogens is 2. The van der Waals surface area contributed by atoms with Crippen LogP contribution in [0.1, 0.15) is 26.3 Å². The van der Waals surface area contributed by atoms with Crippen molar-refractivity contribution in [3.63, 3.8) is 0 Å². The lowest BCUT2D eigenvalue weighted by Crippen LogP contribution is -2.15. The van der Waals surface area contributed by atoms with E-state index in [-0.39, 0.29) is 5.56 Å². The van der Waals surface area contributed by atoms with E-state index in [0.29, 0.717) is 17.7 Å². The average Bonchev–Trinajstić information content (AvgIpc) is 2.78. The maximum absolute atomic E-state index is 11.2. The number of rotatable bonds is 4. The SMILES string of the molecule is NC(=O)c1ccccc1Cn1cc(C(=O)O)cn1. The first-order valence-electron chi connectivity index (χ1n) is 5.21. The number of hydrogen-bond acceptors (Lipinski definition) is 3. The van der Waals surface area contributed by atoms with Gasteiger partial charge in [0.2, 0.25) is 5.91 Å². The van der Waals surface area contributed by atoms with E-state index >= 15 is 0 Å². The van der Waals surface area contributed by atoms with Crippen molar-refractivity contribution in [1.29, 1.82) is 0 Å². The molecule has 0 saturated heterocycles. The van der Waals surface area contributed by atoms with Crippen LogP contribution in [0.25, 0.3) is 0 Å². The van der Waals surface area contributed by atoms with Gasteiger partial charge in [-0.2, -0.15) is 5.10 Å². The third-order valence-electron chi connectivity index (χ3n) is 2.50. The van der Waals surface area contributed by atoms with Crippen LogP contribution in [-0.2, 0) is 6.54 Å². The summed E-state index contributed by atoms with van der Waals surface area (Å²) in [4.78, 5) is 21.9. The van der Waals surface area contributed by atoms with Crippen molar-refractivity contribution in [1.82, 2.24) is 9.78 Å². The van der Waals surface area contributed by atoms with Gasteiger partial charge in [0.05, 0.1) is 18.3 Å². The summed E-state index contributed by atoms with van der Waals surface area (Å²) in [5, 5.41) is 12.7. The second-order valence-electron chi connectivity index (χ2n) is 3.75. The molecule has 0 bridgehead atoms. The summed E-state index contributed by atoms with van der Waals surface area (Å²) in [6.45, 7) is 0.298. The third kappa shape index (κ3) is 2.37. The maximum Gasteiger partial charge on any atom is 0.338 e. The van der Waals surface area contributed by atoms with Crippen LogP contribution >= 0.6 is 0 Å². The van der Waals surface area contributed by atoms with E-state index in [9.17, 15) is 9.59 Å². The molecule has 1 heterocycles. The van der Waals surface area contributed by atoms with Gasteiger partial charge in [0.1, 0.15) is 0 Å². The van der Waals surface area contributed by atoms with Crippen molar-refractivity contribution < 1.29 is 14.7 Å². The second kappa shape index (κ2) is 4.70. The first-order chi connectivity index (χ1) is 8.58. The van der Waals surface area contributed by atoms with Crippen LogP contribution in [0.15, 0.2) is 36.7 Å². The van der Waals surface area contributed by atoms with E-state index < -0.39 is 11.9 Å². The van der Waals surface area contributed by atoms with E-state index in [1.807, 2.05) is 0 Å². The Balaban J connectivity index is 2.28. The van der Waals surface area contributed by atoms with Gasteiger partial charge in [0.15, 0.2) is 0 Å². The summed E-state index contributed by atoms with van der Waals surface area (Å²) >= 11 is 0. The molecule has 2 rings (SSSR count). The number of carboxylic acid groups (broad SMARTS) is 1. The molecule has 1 aromatic carbocycles. The number of nitrogens with two attached hydrogens (primary N) is 1. The Hall–Kier alpha value is -2.63. The van der Waals surface area contributed by atoms with Gasteiger partial charge in [-0.1, -0.05) is 18.2 Å². The minimum absolute atomic E-state index is 0.103. The van der Waals surface area contributed by atoms with Gasteiger partial charge in [0.25, 0.3) is 0 Å². The van der Waals surface area contributed by atoms with Crippen molar-refractivity contribution in [2.24, 2.45) is 5.73 Å². The number of benzene rings is 1. The molecule has 92 valence electrons. The Labute approximate surface area is 103 Å². The molecule has 0 unspecified atom stereocenters. The molecule has 6 nitrogen and oxygen atoms in total. The van der Waals surface area contributed by atoms with Crippen LogP contribution in [-0.4, -0.2) is 26.8 Å². The highest BCUT2D eigenvalue weighted by Crippen LogP contribution is 2.10. The predicted octanol–water partition coefficient (Wildman–Crippen LogP) is 0.728. The predicted molar refractivity (Wildman–Crippen MR) is 63.2 cm³/mol. The van der Waals surface area contributed by atoms with Crippen molar-refractivity contribution in [3.8, 4) is 0 Å². The summed E-state index contributed by atoms with van der Waals surface area (Å²) in [5.74, 6) is -1.55. The number of carboxylic acids is 1. The number of carbonyl (C=O) groups is 2. The van der Waals surface area contributed by atoms with Crippen LogP contribution < -0.4 is 5.73 Å². The molecule has 0 atom stereocenters. The molecule has 1 amide bonds. The summed E-state index contributed by atoms with van der Waals surface area (Å²) in [5.41, 5.74) is 6.47. The fourth-order valence-corrected chi connectivity index (χ4v) is 1.63. The largest absolute Gasteiger partial charge is 0.478 e. The van der Waals surface area contributed by atoms with Crippen molar-refractivity contribution in [3.05, 3.63) is 53.3 Å². The smallest absolute Gasteiger partial charge is 0.338 e. The Morgan fingerprint density at radius 1 is 1.33 bits per heavy atom. The first kappa shape index (κ1) is 11.8. The van der Waals surface area contributed by atoms with Crippen LogP contribution in [0, 0.1) is 0 Å². The monoisotopic (exact) mass is 245 g/mol. The lowest BCUT2D eigenvalue weighted by atomic mass is 10.1. The van der Waals surface area contributed by atoms with E-state index in [2.05, 4.69) is 5.10 Å². The highest BCUT2D eigenvalue weighted by Gasteiger charge is 2.10. The van der Waals surface area contributed by atoms with Crippen LogP contribution in [0.5, 0.6) is 0 Å². The molecule has 1 aromatic heterocycles. The molecule has 18 heavy (non-hydrogen) atoms. The van der Waals surface area contributed by atoms with E-state index in [1.165, 1.54) is 17.1 Å². The molecule has 0 fully saturated rings. The zero-order valence-corrected chi connectivity index (χ0v) is 9.41. The number of amides is 1. The number of aromatic carboxylic acids is 1. The molecule has 2 aromatic rings. The highest BCUT2D eigenvalue weighted by atomic mass is 16.4. The Morgan fingerprint density at radius 2 is 2.06 bits per heavy atom. The fraction of sp³-hybridized carbons (Fsp3) is 0.0833. The number of nitrogens with zero attached hydrogens (tertiary/aromatic N) is 2. The van der Waals surface area contributed by atoms with Gasteiger partial charge >= 0.3 is 5.97 Å². The molecule has 0 aliphatic heterocycles. The zero-order chi connectivity index (χ0) is 13.1. The van der Waals surface area contributed by atoms with Crippen molar-refractivity contribution in [2.45, 2.75) is 6.54 Å². The maximum atomic E-state index is 11.2. The van der Waals surface area contributed by atoms with Gasteiger partial charge in [-0.15, -0.1) is 0 Å². The molecular formula is C12H11N3O3. The number of primary amides is 1. The molecule has 0 saturated carbocycles. The molecule has 0 radical (unpaired) electrons. The normalized spacial score (nSPS) is 10.2. The Bertz CT molecular complexity index is 604. The van der Waals surface area contributed by atoms with Gasteiger partial charge in [-0.3, -0.25) is 9.48 Å². The average molecular weight is 245 g/mol. The topological polar surface area (TPSA) is 98.2 Å². The number of carbonyl (C=O) groups excluding carboxylic acids is 1. The van der Waals surface area contributed by atoms with Crippen LogP contribution in [0.2, 0.25) is 0 Å². The van der Waals surface area contributed by atoms with Gasteiger partial charge in [-0.25, -0.2) is 4.79 Å². The van der Waals surface area contributed by atoms with Crippen molar-refractivity contribution >= 4 is 11.9 Å². The second-order valence-corrected chi connectivity index (χ2v) is 3.75. The molecule has 0 spiro atoms. The molecule has 0 aliphatic carbocycles. The van der Waals surface area contributed by atoms with E-state index in [1.54, 1.807) is 24.3 Å². The van der Waals surface area contributed by atoms with E-state index in [4.69, 9.17) is 10.8 Å². The van der Waals surface area contributed by atoms with Crippen LogP contribution in [0.4, 0.5) is 0 Å². The van der Waals surface area contributed by atoms with Gasteiger partial charge in [0, 0.05) is 11.8 Å².